The lowest BCUT2D eigenvalue weighted by Gasteiger charge is -2.07. The molecular weight excluding hydrogens is 232 g/mol. The van der Waals surface area contributed by atoms with Crippen LogP contribution < -0.4 is 10.1 Å². The van der Waals surface area contributed by atoms with E-state index in [0.29, 0.717) is 0 Å². The molecule has 2 nitrogen and oxygen atoms in total. The maximum atomic E-state index is 11.9. The Labute approximate surface area is 96.7 Å². The summed E-state index contributed by atoms with van der Waals surface area (Å²) in [6.45, 7) is -0.740. The minimum atomic E-state index is -2.77. The van der Waals surface area contributed by atoms with E-state index in [1.807, 2.05) is 6.92 Å². The lowest BCUT2D eigenvalue weighted by molar-refractivity contribution is -0.0498. The molecule has 2 rings (SSSR count). The van der Waals surface area contributed by atoms with Gasteiger partial charge in [0.05, 0.1) is 11.6 Å². The Morgan fingerprint density at radius 1 is 1.31 bits per heavy atom. The van der Waals surface area contributed by atoms with Crippen molar-refractivity contribution in [3.8, 4) is 5.75 Å². The van der Waals surface area contributed by atoms with Crippen molar-refractivity contribution in [1.82, 2.24) is 5.32 Å². The number of nitrogens with one attached hydrogen (secondary N) is 1. The Hall–Kier alpha value is -1.23. The molecule has 1 N–H and O–H groups in total. The van der Waals surface area contributed by atoms with Crippen molar-refractivity contribution in [1.29, 1.82) is 0 Å². The summed E-state index contributed by atoms with van der Waals surface area (Å²) in [6.07, 6.45) is 0. The Balaban J connectivity index is 2.16. The van der Waals surface area contributed by atoms with Crippen LogP contribution in [0.5, 0.6) is 5.75 Å². The van der Waals surface area contributed by atoms with E-state index in [1.165, 1.54) is 4.91 Å². The highest BCUT2D eigenvalue weighted by molar-refractivity contribution is 8.03. The Morgan fingerprint density at radius 2 is 2.00 bits per heavy atom. The fraction of sp³-hybridized carbons (Fsp3) is 0.273. The average molecular weight is 243 g/mol. The van der Waals surface area contributed by atoms with Gasteiger partial charge in [0, 0.05) is 4.91 Å². The zero-order valence-electron chi connectivity index (χ0n) is 8.67. The first-order valence-electron chi connectivity index (χ1n) is 4.79. The average Bonchev–Trinajstić information content (AvgIpc) is 2.65. The van der Waals surface area contributed by atoms with Crippen LogP contribution in [0, 0.1) is 0 Å². The van der Waals surface area contributed by atoms with Crippen LogP contribution in [0.1, 0.15) is 12.5 Å². The number of benzene rings is 1. The molecule has 1 aromatic rings. The summed E-state index contributed by atoms with van der Waals surface area (Å²) >= 11 is 1.73. The molecule has 1 aliphatic heterocycles. The second-order valence-corrected chi connectivity index (χ2v) is 4.49. The summed E-state index contributed by atoms with van der Waals surface area (Å²) in [4.78, 5) is 1.21. The quantitative estimate of drug-likeness (QED) is 0.880. The molecule has 0 aliphatic carbocycles. The molecule has 1 heterocycles. The second kappa shape index (κ2) is 4.74. The molecule has 0 radical (unpaired) electrons. The molecule has 1 aliphatic rings. The number of ether oxygens (including phenoxy) is 1. The summed E-state index contributed by atoms with van der Waals surface area (Å²) in [5.41, 5.74) is 2.05. The summed E-state index contributed by atoms with van der Waals surface area (Å²) < 4.78 is 28.2. The van der Waals surface area contributed by atoms with E-state index in [9.17, 15) is 8.78 Å². The zero-order valence-corrected chi connectivity index (χ0v) is 9.48. The number of alkyl halides is 2. The van der Waals surface area contributed by atoms with Gasteiger partial charge in [-0.3, -0.25) is 0 Å². The lowest BCUT2D eigenvalue weighted by Crippen LogP contribution is -2.06. The third-order valence-corrected chi connectivity index (χ3v) is 3.18. The van der Waals surface area contributed by atoms with Crippen LogP contribution in [0.2, 0.25) is 0 Å². The van der Waals surface area contributed by atoms with Crippen molar-refractivity contribution in [2.75, 3.05) is 5.88 Å². The number of hydrogen-bond acceptors (Lipinski definition) is 3. The molecule has 0 fully saturated rings. The topological polar surface area (TPSA) is 21.3 Å². The predicted octanol–water partition coefficient (Wildman–Crippen LogP) is 3.27. The lowest BCUT2D eigenvalue weighted by atomic mass is 10.1. The smallest absolute Gasteiger partial charge is 0.387 e. The van der Waals surface area contributed by atoms with E-state index in [1.54, 1.807) is 36.0 Å². The van der Waals surface area contributed by atoms with Crippen LogP contribution in [0.15, 0.2) is 29.2 Å². The molecule has 0 unspecified atom stereocenters. The third kappa shape index (κ3) is 2.47. The number of thioether (sulfide) groups is 1. The Morgan fingerprint density at radius 3 is 2.50 bits per heavy atom. The highest BCUT2D eigenvalue weighted by Crippen LogP contribution is 2.30. The predicted molar refractivity (Wildman–Crippen MR) is 61.3 cm³/mol. The number of allylic oxidation sites excluding steroid dienone is 1. The standard InChI is InChI=1S/C11H11F2NOS/c1-7-10(14-6-16-7)8-2-4-9(5-3-8)15-11(12)13/h2-5,11,14H,6H2,1H3. The van der Waals surface area contributed by atoms with Gasteiger partial charge in [-0.1, -0.05) is 0 Å². The van der Waals surface area contributed by atoms with Crippen LogP contribution in [-0.4, -0.2) is 12.5 Å². The van der Waals surface area contributed by atoms with Crippen molar-refractivity contribution < 1.29 is 13.5 Å². The monoisotopic (exact) mass is 243 g/mol. The first kappa shape index (κ1) is 11.3. The van der Waals surface area contributed by atoms with Crippen molar-refractivity contribution in [3.05, 3.63) is 34.7 Å². The minimum Gasteiger partial charge on any atom is -0.435 e. The van der Waals surface area contributed by atoms with Gasteiger partial charge in [0.25, 0.3) is 0 Å². The summed E-state index contributed by atoms with van der Waals surface area (Å²) in [5.74, 6) is 1.04. The summed E-state index contributed by atoms with van der Waals surface area (Å²) in [5, 5.41) is 3.24. The van der Waals surface area contributed by atoms with Gasteiger partial charge < -0.3 is 10.1 Å². The minimum absolute atomic E-state index is 0.183. The van der Waals surface area contributed by atoms with Crippen LogP contribution >= 0.6 is 11.8 Å². The van der Waals surface area contributed by atoms with Crippen LogP contribution in [0.25, 0.3) is 5.70 Å². The van der Waals surface area contributed by atoms with Crippen molar-refractivity contribution in [3.63, 3.8) is 0 Å². The molecule has 1 aromatic carbocycles. The maximum Gasteiger partial charge on any atom is 0.387 e. The van der Waals surface area contributed by atoms with Gasteiger partial charge in [0.2, 0.25) is 0 Å². The molecule has 0 aromatic heterocycles. The van der Waals surface area contributed by atoms with Gasteiger partial charge in [-0.15, -0.1) is 11.8 Å². The van der Waals surface area contributed by atoms with Crippen molar-refractivity contribution in [2.45, 2.75) is 13.5 Å². The SMILES string of the molecule is CC1=C(c2ccc(OC(F)F)cc2)NCS1. The Bertz CT molecular complexity index is 403. The Kier molecular flexibility index (Phi) is 3.33. The first-order valence-corrected chi connectivity index (χ1v) is 5.78. The summed E-state index contributed by atoms with van der Waals surface area (Å²) in [6, 6.07) is 6.64. The highest BCUT2D eigenvalue weighted by Gasteiger charge is 2.12. The van der Waals surface area contributed by atoms with E-state index in [0.717, 1.165) is 17.1 Å². The highest BCUT2D eigenvalue weighted by atomic mass is 32.2. The van der Waals surface area contributed by atoms with E-state index < -0.39 is 6.61 Å². The maximum absolute atomic E-state index is 11.9. The molecular formula is C11H11F2NOS. The molecule has 16 heavy (non-hydrogen) atoms. The van der Waals surface area contributed by atoms with Gasteiger partial charge in [-0.25, -0.2) is 0 Å². The molecule has 86 valence electrons. The van der Waals surface area contributed by atoms with Crippen LogP contribution in [0.3, 0.4) is 0 Å². The van der Waals surface area contributed by atoms with E-state index in [4.69, 9.17) is 0 Å². The normalized spacial score (nSPS) is 15.5. The molecule has 0 saturated heterocycles. The molecule has 0 spiro atoms. The van der Waals surface area contributed by atoms with Crippen LogP contribution in [0.4, 0.5) is 8.78 Å². The number of hydrogen-bond donors (Lipinski definition) is 1. The van der Waals surface area contributed by atoms with Gasteiger partial charge in [-0.2, -0.15) is 8.78 Å². The second-order valence-electron chi connectivity index (χ2n) is 3.30. The molecule has 0 bridgehead atoms. The number of rotatable bonds is 3. The fourth-order valence-corrected chi connectivity index (χ4v) is 2.29. The van der Waals surface area contributed by atoms with Crippen LogP contribution in [-0.2, 0) is 0 Å². The van der Waals surface area contributed by atoms with Crippen molar-refractivity contribution >= 4 is 17.5 Å². The first-order chi connectivity index (χ1) is 7.66. The van der Waals surface area contributed by atoms with Gasteiger partial charge in [-0.05, 0) is 36.8 Å². The van der Waals surface area contributed by atoms with E-state index in [2.05, 4.69) is 10.1 Å². The molecule has 0 saturated carbocycles. The van der Waals surface area contributed by atoms with Crippen molar-refractivity contribution in [2.24, 2.45) is 0 Å². The summed E-state index contributed by atoms with van der Waals surface area (Å²) in [7, 11) is 0. The van der Waals surface area contributed by atoms with Gasteiger partial charge >= 0.3 is 6.61 Å². The molecule has 5 heteroatoms. The molecule has 0 amide bonds. The molecule has 0 atom stereocenters. The number of halogens is 2. The largest absolute Gasteiger partial charge is 0.435 e. The zero-order chi connectivity index (χ0) is 11.5. The van der Waals surface area contributed by atoms with Gasteiger partial charge in [0.15, 0.2) is 0 Å². The van der Waals surface area contributed by atoms with E-state index in [-0.39, 0.29) is 5.75 Å². The third-order valence-electron chi connectivity index (χ3n) is 2.26. The van der Waals surface area contributed by atoms with E-state index >= 15 is 0 Å². The fourth-order valence-electron chi connectivity index (χ4n) is 1.52. The van der Waals surface area contributed by atoms with Gasteiger partial charge in [0.1, 0.15) is 5.75 Å².